The second kappa shape index (κ2) is 7.23. The molecule has 3 rings (SSSR count). The van der Waals surface area contributed by atoms with Gasteiger partial charge in [0.2, 0.25) is 0 Å². The van der Waals surface area contributed by atoms with Crippen molar-refractivity contribution in [2.24, 2.45) is 0 Å². The van der Waals surface area contributed by atoms with Crippen LogP contribution in [0.3, 0.4) is 0 Å². The summed E-state index contributed by atoms with van der Waals surface area (Å²) in [7, 11) is 0. The van der Waals surface area contributed by atoms with Crippen LogP contribution in [-0.4, -0.2) is 46.9 Å². The fourth-order valence-electron chi connectivity index (χ4n) is 2.89. The summed E-state index contributed by atoms with van der Waals surface area (Å²) in [5, 5.41) is 0. The van der Waals surface area contributed by atoms with Gasteiger partial charge in [-0.25, -0.2) is 0 Å². The van der Waals surface area contributed by atoms with Crippen molar-refractivity contribution in [2.45, 2.75) is 13.5 Å². The van der Waals surface area contributed by atoms with Gasteiger partial charge < -0.3 is 4.90 Å². The predicted octanol–water partition coefficient (Wildman–Crippen LogP) is 3.11. The van der Waals surface area contributed by atoms with Gasteiger partial charge in [-0.3, -0.25) is 14.7 Å². The molecule has 0 radical (unpaired) electrons. The van der Waals surface area contributed by atoms with Crippen molar-refractivity contribution < 1.29 is 4.79 Å². The van der Waals surface area contributed by atoms with Gasteiger partial charge >= 0.3 is 0 Å². The number of nitrogens with zero attached hydrogens (tertiary/aromatic N) is 3. The van der Waals surface area contributed by atoms with Crippen molar-refractivity contribution in [1.82, 2.24) is 14.8 Å². The Balaban J connectivity index is 1.57. The minimum atomic E-state index is 0.0639. The Bertz CT molecular complexity index is 696. The summed E-state index contributed by atoms with van der Waals surface area (Å²) in [4.78, 5) is 20.9. The number of hydrogen-bond donors (Lipinski definition) is 0. The molecule has 1 amide bonds. The number of piperazine rings is 1. The quantitative estimate of drug-likeness (QED) is 0.829. The Morgan fingerprint density at radius 3 is 2.65 bits per heavy atom. The van der Waals surface area contributed by atoms with Gasteiger partial charge in [-0.1, -0.05) is 29.8 Å². The molecule has 0 atom stereocenters. The maximum absolute atomic E-state index is 12.5. The number of aromatic nitrogens is 1. The Morgan fingerprint density at radius 2 is 1.96 bits per heavy atom. The molecule has 1 fully saturated rings. The highest BCUT2D eigenvalue weighted by Gasteiger charge is 2.22. The van der Waals surface area contributed by atoms with Gasteiger partial charge in [0.05, 0.1) is 5.56 Å². The van der Waals surface area contributed by atoms with E-state index in [0.29, 0.717) is 5.56 Å². The van der Waals surface area contributed by atoms with Gasteiger partial charge in [-0.2, -0.15) is 0 Å². The smallest absolute Gasteiger partial charge is 0.255 e. The zero-order chi connectivity index (χ0) is 16.2. The van der Waals surface area contributed by atoms with Crippen LogP contribution in [0.5, 0.6) is 0 Å². The van der Waals surface area contributed by atoms with Crippen molar-refractivity contribution in [3.63, 3.8) is 0 Å². The van der Waals surface area contributed by atoms with E-state index in [1.807, 2.05) is 11.0 Å². The van der Waals surface area contributed by atoms with Crippen LogP contribution >= 0.6 is 15.9 Å². The average molecular weight is 374 g/mol. The van der Waals surface area contributed by atoms with Crippen LogP contribution in [0.2, 0.25) is 0 Å². The van der Waals surface area contributed by atoms with E-state index in [0.717, 1.165) is 37.2 Å². The number of aryl methyl sites for hydroxylation is 1. The van der Waals surface area contributed by atoms with Crippen molar-refractivity contribution in [3.8, 4) is 0 Å². The number of rotatable bonds is 3. The van der Waals surface area contributed by atoms with Crippen molar-refractivity contribution in [1.29, 1.82) is 0 Å². The summed E-state index contributed by atoms with van der Waals surface area (Å²) in [5.41, 5.74) is 3.27. The number of hydrogen-bond acceptors (Lipinski definition) is 3. The average Bonchev–Trinajstić information content (AvgIpc) is 2.55. The van der Waals surface area contributed by atoms with E-state index in [2.05, 4.69) is 57.0 Å². The molecule has 0 unspecified atom stereocenters. The Labute approximate surface area is 145 Å². The molecule has 0 saturated carbocycles. The molecule has 2 heterocycles. The maximum Gasteiger partial charge on any atom is 0.255 e. The van der Waals surface area contributed by atoms with E-state index in [1.54, 1.807) is 12.4 Å². The van der Waals surface area contributed by atoms with E-state index >= 15 is 0 Å². The third-order valence-corrected chi connectivity index (χ3v) is 4.53. The molecule has 1 aliphatic rings. The summed E-state index contributed by atoms with van der Waals surface area (Å²) in [6.45, 7) is 6.39. The first-order valence-corrected chi connectivity index (χ1v) is 8.59. The molecule has 4 nitrogen and oxygen atoms in total. The molecule has 1 saturated heterocycles. The highest BCUT2D eigenvalue weighted by molar-refractivity contribution is 9.10. The minimum absolute atomic E-state index is 0.0639. The standard InChI is InChI=1S/C18H20BrN3O/c1-14-3-2-4-15(9-14)13-21-5-7-22(8-6-21)18(23)16-10-17(19)12-20-11-16/h2-4,9-12H,5-8,13H2,1H3. The van der Waals surface area contributed by atoms with E-state index in [9.17, 15) is 4.79 Å². The zero-order valence-electron chi connectivity index (χ0n) is 13.2. The lowest BCUT2D eigenvalue weighted by Crippen LogP contribution is -2.48. The topological polar surface area (TPSA) is 36.4 Å². The molecule has 5 heteroatoms. The van der Waals surface area contributed by atoms with E-state index in [4.69, 9.17) is 0 Å². The number of pyridine rings is 1. The van der Waals surface area contributed by atoms with Gasteiger partial charge in [-0.05, 0) is 34.5 Å². The Kier molecular flexibility index (Phi) is 5.08. The van der Waals surface area contributed by atoms with Crippen LogP contribution in [0.4, 0.5) is 0 Å². The van der Waals surface area contributed by atoms with Gasteiger partial charge in [0.15, 0.2) is 0 Å². The molecule has 120 valence electrons. The second-order valence-corrected chi connectivity index (χ2v) is 6.86. The summed E-state index contributed by atoms with van der Waals surface area (Å²) in [5.74, 6) is 0.0639. The number of amides is 1. The molecule has 0 bridgehead atoms. The highest BCUT2D eigenvalue weighted by atomic mass is 79.9. The van der Waals surface area contributed by atoms with Crippen LogP contribution < -0.4 is 0 Å². The molecule has 2 aromatic rings. The van der Waals surface area contributed by atoms with E-state index in [1.165, 1.54) is 11.1 Å². The summed E-state index contributed by atoms with van der Waals surface area (Å²) < 4.78 is 0.835. The lowest BCUT2D eigenvalue weighted by atomic mass is 10.1. The third-order valence-electron chi connectivity index (χ3n) is 4.10. The van der Waals surface area contributed by atoms with Crippen molar-refractivity contribution >= 4 is 21.8 Å². The normalized spacial score (nSPS) is 15.7. The molecule has 0 N–H and O–H groups in total. The Hall–Kier alpha value is -1.72. The maximum atomic E-state index is 12.5. The molecule has 1 aromatic carbocycles. The van der Waals surface area contributed by atoms with Gasteiger partial charge in [-0.15, -0.1) is 0 Å². The van der Waals surface area contributed by atoms with Crippen LogP contribution in [0.1, 0.15) is 21.5 Å². The number of carbonyl (C=O) groups excluding carboxylic acids is 1. The molecule has 1 aliphatic heterocycles. The van der Waals surface area contributed by atoms with Crippen LogP contribution in [0.25, 0.3) is 0 Å². The summed E-state index contributed by atoms with van der Waals surface area (Å²) >= 11 is 3.37. The second-order valence-electron chi connectivity index (χ2n) is 5.95. The first-order chi connectivity index (χ1) is 11.1. The monoisotopic (exact) mass is 373 g/mol. The summed E-state index contributed by atoms with van der Waals surface area (Å²) in [6, 6.07) is 10.4. The SMILES string of the molecule is Cc1cccc(CN2CCN(C(=O)c3cncc(Br)c3)CC2)c1. The van der Waals surface area contributed by atoms with Crippen molar-refractivity contribution in [3.05, 3.63) is 63.9 Å². The van der Waals surface area contributed by atoms with Gasteiger partial charge in [0, 0.05) is 49.6 Å². The van der Waals surface area contributed by atoms with E-state index in [-0.39, 0.29) is 5.91 Å². The fraction of sp³-hybridized carbons (Fsp3) is 0.333. The van der Waals surface area contributed by atoms with Crippen LogP contribution in [-0.2, 0) is 6.54 Å². The van der Waals surface area contributed by atoms with Gasteiger partial charge in [0.25, 0.3) is 5.91 Å². The largest absolute Gasteiger partial charge is 0.336 e. The number of halogens is 1. The van der Waals surface area contributed by atoms with Crippen LogP contribution in [0, 0.1) is 6.92 Å². The van der Waals surface area contributed by atoms with Gasteiger partial charge in [0.1, 0.15) is 0 Å². The van der Waals surface area contributed by atoms with Crippen LogP contribution in [0.15, 0.2) is 47.2 Å². The Morgan fingerprint density at radius 1 is 1.17 bits per heavy atom. The molecular formula is C18H20BrN3O. The lowest BCUT2D eigenvalue weighted by molar-refractivity contribution is 0.0628. The molecule has 0 spiro atoms. The predicted molar refractivity (Wildman–Crippen MR) is 94.3 cm³/mol. The number of carbonyl (C=O) groups is 1. The number of benzene rings is 1. The van der Waals surface area contributed by atoms with E-state index < -0.39 is 0 Å². The fourth-order valence-corrected chi connectivity index (χ4v) is 3.25. The third kappa shape index (κ3) is 4.18. The first-order valence-electron chi connectivity index (χ1n) is 7.79. The highest BCUT2D eigenvalue weighted by Crippen LogP contribution is 2.14. The minimum Gasteiger partial charge on any atom is -0.336 e. The van der Waals surface area contributed by atoms with Crippen molar-refractivity contribution in [2.75, 3.05) is 26.2 Å². The first kappa shape index (κ1) is 16.1. The lowest BCUT2D eigenvalue weighted by Gasteiger charge is -2.34. The zero-order valence-corrected chi connectivity index (χ0v) is 14.8. The molecule has 23 heavy (non-hydrogen) atoms. The summed E-state index contributed by atoms with van der Waals surface area (Å²) in [6.07, 6.45) is 3.32. The molecular weight excluding hydrogens is 354 g/mol. The molecule has 1 aromatic heterocycles. The molecule has 0 aliphatic carbocycles.